The standard InChI is InChI=1S/C11H22N3/c1-10(2)5-12-9-13-6-11(3,4)8-14(9)7-10/h12-13H,5-8H2,1-4H3/q-1. The Morgan fingerprint density at radius 1 is 0.929 bits per heavy atom. The highest BCUT2D eigenvalue weighted by Crippen LogP contribution is 2.30. The zero-order chi connectivity index (χ0) is 10.4. The Morgan fingerprint density at radius 3 is 1.79 bits per heavy atom. The van der Waals surface area contributed by atoms with E-state index in [0.29, 0.717) is 10.8 Å². The lowest BCUT2D eigenvalue weighted by molar-refractivity contribution is 0.0339. The van der Waals surface area contributed by atoms with Gasteiger partial charge in [0.25, 0.3) is 0 Å². The van der Waals surface area contributed by atoms with Crippen molar-refractivity contribution in [1.29, 1.82) is 0 Å². The monoisotopic (exact) mass is 196 g/mol. The van der Waals surface area contributed by atoms with Gasteiger partial charge in [0.1, 0.15) is 0 Å². The van der Waals surface area contributed by atoms with Gasteiger partial charge in [-0.15, -0.1) is 6.29 Å². The summed E-state index contributed by atoms with van der Waals surface area (Å²) >= 11 is 0. The molecule has 3 nitrogen and oxygen atoms in total. The second-order valence-corrected chi connectivity index (χ2v) is 6.24. The summed E-state index contributed by atoms with van der Waals surface area (Å²) in [5.74, 6) is 0. The lowest BCUT2D eigenvalue weighted by atomic mass is 9.86. The molecule has 2 heterocycles. The molecular formula is C11H22N3-. The molecule has 0 amide bonds. The summed E-state index contributed by atoms with van der Waals surface area (Å²) in [4.78, 5) is 2.45. The van der Waals surface area contributed by atoms with Crippen molar-refractivity contribution in [3.63, 3.8) is 0 Å². The molecule has 0 saturated carbocycles. The Morgan fingerprint density at radius 2 is 1.36 bits per heavy atom. The van der Waals surface area contributed by atoms with E-state index in [4.69, 9.17) is 0 Å². The topological polar surface area (TPSA) is 27.3 Å². The Hall–Kier alpha value is -0.120. The van der Waals surface area contributed by atoms with Gasteiger partial charge >= 0.3 is 0 Å². The molecule has 0 unspecified atom stereocenters. The number of hydrogen-bond acceptors (Lipinski definition) is 3. The minimum Gasteiger partial charge on any atom is -0.439 e. The van der Waals surface area contributed by atoms with E-state index in [1.165, 1.54) is 6.29 Å². The third-order valence-corrected chi connectivity index (χ3v) is 3.02. The highest BCUT2D eigenvalue weighted by molar-refractivity contribution is 5.01. The van der Waals surface area contributed by atoms with Crippen LogP contribution in [0.4, 0.5) is 0 Å². The van der Waals surface area contributed by atoms with Gasteiger partial charge in [-0.3, -0.25) is 0 Å². The van der Waals surface area contributed by atoms with Crippen LogP contribution in [0, 0.1) is 17.1 Å². The molecular weight excluding hydrogens is 174 g/mol. The maximum atomic E-state index is 3.48. The molecule has 0 atom stereocenters. The lowest BCUT2D eigenvalue weighted by Gasteiger charge is -2.61. The number of hydrogen-bond donors (Lipinski definition) is 2. The van der Waals surface area contributed by atoms with E-state index in [-0.39, 0.29) is 0 Å². The first kappa shape index (κ1) is 10.4. The summed E-state index contributed by atoms with van der Waals surface area (Å²) in [6.07, 6.45) is 1.24. The Labute approximate surface area is 87.2 Å². The predicted molar refractivity (Wildman–Crippen MR) is 58.4 cm³/mol. The molecule has 14 heavy (non-hydrogen) atoms. The SMILES string of the molecule is CC1(C)CN[C-]2NCC(C)(C)CN2C1. The summed E-state index contributed by atoms with van der Waals surface area (Å²) in [6.45, 7) is 13.7. The van der Waals surface area contributed by atoms with Gasteiger partial charge < -0.3 is 15.5 Å². The first-order valence-electron chi connectivity index (χ1n) is 5.48. The zero-order valence-electron chi connectivity index (χ0n) is 9.78. The van der Waals surface area contributed by atoms with Gasteiger partial charge in [0.05, 0.1) is 0 Å². The van der Waals surface area contributed by atoms with Crippen LogP contribution >= 0.6 is 0 Å². The van der Waals surface area contributed by atoms with Crippen molar-refractivity contribution >= 4 is 0 Å². The number of rotatable bonds is 0. The smallest absolute Gasteiger partial charge is 0.0147 e. The van der Waals surface area contributed by atoms with E-state index in [1.807, 2.05) is 0 Å². The molecule has 0 aliphatic carbocycles. The second-order valence-electron chi connectivity index (χ2n) is 6.24. The predicted octanol–water partition coefficient (Wildman–Crippen LogP) is 0.994. The van der Waals surface area contributed by atoms with Gasteiger partial charge in [-0.25, -0.2) is 0 Å². The van der Waals surface area contributed by atoms with Gasteiger partial charge in [0, 0.05) is 0 Å². The fourth-order valence-electron chi connectivity index (χ4n) is 2.29. The van der Waals surface area contributed by atoms with Crippen molar-refractivity contribution < 1.29 is 0 Å². The molecule has 0 aromatic carbocycles. The van der Waals surface area contributed by atoms with E-state index < -0.39 is 0 Å². The molecule has 2 aliphatic heterocycles. The number of nitrogens with zero attached hydrogens (tertiary/aromatic N) is 1. The maximum absolute atomic E-state index is 3.48. The Kier molecular flexibility index (Phi) is 2.37. The van der Waals surface area contributed by atoms with E-state index in [2.05, 4.69) is 43.2 Å². The van der Waals surface area contributed by atoms with Gasteiger partial charge in [-0.05, 0) is 37.0 Å². The Bertz CT molecular complexity index is 201. The first-order valence-corrected chi connectivity index (χ1v) is 5.48. The van der Waals surface area contributed by atoms with Gasteiger partial charge in [0.15, 0.2) is 0 Å². The summed E-state index contributed by atoms with van der Waals surface area (Å²) < 4.78 is 0. The summed E-state index contributed by atoms with van der Waals surface area (Å²) in [5, 5.41) is 6.96. The largest absolute Gasteiger partial charge is 0.439 e. The van der Waals surface area contributed by atoms with Gasteiger partial charge in [0.2, 0.25) is 0 Å². The molecule has 82 valence electrons. The molecule has 0 bridgehead atoms. The van der Waals surface area contributed by atoms with E-state index in [9.17, 15) is 0 Å². The quantitative estimate of drug-likeness (QED) is 0.566. The molecule has 3 heteroatoms. The summed E-state index contributed by atoms with van der Waals surface area (Å²) in [6, 6.07) is 0. The minimum atomic E-state index is 0.387. The molecule has 2 N–H and O–H groups in total. The molecule has 0 spiro atoms. The molecule has 2 saturated heterocycles. The van der Waals surface area contributed by atoms with E-state index in [0.717, 1.165) is 26.2 Å². The average Bonchev–Trinajstić information content (AvgIpc) is 1.99. The highest BCUT2D eigenvalue weighted by atomic mass is 15.4. The van der Waals surface area contributed by atoms with Crippen LogP contribution in [0.15, 0.2) is 0 Å². The van der Waals surface area contributed by atoms with Crippen molar-refractivity contribution in [1.82, 2.24) is 15.5 Å². The third-order valence-electron chi connectivity index (χ3n) is 3.02. The normalized spacial score (nSPS) is 32.6. The summed E-state index contributed by atoms with van der Waals surface area (Å²) in [7, 11) is 0. The van der Waals surface area contributed by atoms with E-state index in [1.54, 1.807) is 0 Å². The van der Waals surface area contributed by atoms with Crippen LogP contribution in [0.3, 0.4) is 0 Å². The number of nitrogens with one attached hydrogen (secondary N) is 2. The van der Waals surface area contributed by atoms with Crippen LogP contribution in [0.1, 0.15) is 27.7 Å². The molecule has 2 fully saturated rings. The van der Waals surface area contributed by atoms with Crippen LogP contribution < -0.4 is 10.6 Å². The fraction of sp³-hybridized carbons (Fsp3) is 0.909. The van der Waals surface area contributed by atoms with Crippen LogP contribution in [-0.4, -0.2) is 31.1 Å². The summed E-state index contributed by atoms with van der Waals surface area (Å²) in [5.41, 5.74) is 0.775. The highest BCUT2D eigenvalue weighted by Gasteiger charge is 2.31. The van der Waals surface area contributed by atoms with Crippen molar-refractivity contribution in [3.8, 4) is 0 Å². The first-order chi connectivity index (χ1) is 6.38. The van der Waals surface area contributed by atoms with Gasteiger partial charge in [-0.1, -0.05) is 27.7 Å². The van der Waals surface area contributed by atoms with Crippen LogP contribution in [0.25, 0.3) is 0 Å². The van der Waals surface area contributed by atoms with Crippen LogP contribution in [-0.2, 0) is 0 Å². The fourth-order valence-corrected chi connectivity index (χ4v) is 2.29. The van der Waals surface area contributed by atoms with Crippen molar-refractivity contribution in [3.05, 3.63) is 6.29 Å². The molecule has 2 aliphatic rings. The molecule has 2 rings (SSSR count). The second kappa shape index (κ2) is 3.19. The molecule has 0 radical (unpaired) electrons. The van der Waals surface area contributed by atoms with Gasteiger partial charge in [-0.2, -0.15) is 0 Å². The zero-order valence-corrected chi connectivity index (χ0v) is 9.78. The molecule has 0 aromatic rings. The maximum Gasteiger partial charge on any atom is -0.0147 e. The average molecular weight is 196 g/mol. The van der Waals surface area contributed by atoms with Crippen LogP contribution in [0.5, 0.6) is 0 Å². The lowest BCUT2D eigenvalue weighted by Crippen LogP contribution is -2.64. The third kappa shape index (κ3) is 2.10. The number of fused-ring (bicyclic) bond motifs is 1. The van der Waals surface area contributed by atoms with Crippen molar-refractivity contribution in [2.24, 2.45) is 10.8 Å². The van der Waals surface area contributed by atoms with E-state index >= 15 is 0 Å². The minimum absolute atomic E-state index is 0.387. The van der Waals surface area contributed by atoms with Crippen molar-refractivity contribution in [2.75, 3.05) is 26.2 Å². The molecule has 0 aromatic heterocycles. The Balaban J connectivity index is 2.04. The van der Waals surface area contributed by atoms with Crippen molar-refractivity contribution in [2.45, 2.75) is 27.7 Å². The van der Waals surface area contributed by atoms with Crippen LogP contribution in [0.2, 0.25) is 0 Å².